The lowest BCUT2D eigenvalue weighted by atomic mass is 10.1. The summed E-state index contributed by atoms with van der Waals surface area (Å²) in [6.07, 6.45) is 0. The van der Waals surface area contributed by atoms with Crippen LogP contribution in [-0.2, 0) is 4.79 Å². The van der Waals surface area contributed by atoms with E-state index < -0.39 is 0 Å². The van der Waals surface area contributed by atoms with Crippen LogP contribution in [0.5, 0.6) is 5.75 Å². The highest BCUT2D eigenvalue weighted by molar-refractivity contribution is 6.42. The van der Waals surface area contributed by atoms with Crippen molar-refractivity contribution in [3.05, 3.63) is 58.1 Å². The van der Waals surface area contributed by atoms with Gasteiger partial charge in [0.05, 0.1) is 29.7 Å². The van der Waals surface area contributed by atoms with Crippen LogP contribution in [-0.4, -0.2) is 50.6 Å². The number of carbonyl (C=O) groups is 1. The van der Waals surface area contributed by atoms with Crippen molar-refractivity contribution in [3.8, 4) is 5.75 Å². The number of hydrogen-bond acceptors (Lipinski definition) is 4. The van der Waals surface area contributed by atoms with Crippen molar-refractivity contribution in [3.63, 3.8) is 0 Å². The lowest BCUT2D eigenvalue weighted by Gasteiger charge is -2.36. The van der Waals surface area contributed by atoms with Gasteiger partial charge in [-0.15, -0.1) is 0 Å². The molecule has 1 unspecified atom stereocenters. The quantitative estimate of drug-likeness (QED) is 0.765. The molecule has 1 heterocycles. The number of methoxy groups -OCH3 is 1. The number of halogens is 2. The molecule has 1 aliphatic rings. The maximum atomic E-state index is 12.4. The van der Waals surface area contributed by atoms with Crippen LogP contribution >= 0.6 is 23.2 Å². The Morgan fingerprint density at radius 2 is 1.86 bits per heavy atom. The zero-order chi connectivity index (χ0) is 20.1. The van der Waals surface area contributed by atoms with Crippen molar-refractivity contribution in [2.45, 2.75) is 13.0 Å². The minimum absolute atomic E-state index is 0.00778. The highest BCUT2D eigenvalue weighted by atomic mass is 35.5. The molecule has 2 aromatic carbocycles. The highest BCUT2D eigenvalue weighted by Crippen LogP contribution is 2.25. The van der Waals surface area contributed by atoms with E-state index in [1.807, 2.05) is 31.2 Å². The highest BCUT2D eigenvalue weighted by Gasteiger charge is 2.20. The van der Waals surface area contributed by atoms with Crippen molar-refractivity contribution in [1.82, 2.24) is 10.2 Å². The number of ether oxygens (including phenoxy) is 1. The van der Waals surface area contributed by atoms with E-state index in [9.17, 15) is 4.79 Å². The number of nitrogens with zero attached hydrogens (tertiary/aromatic N) is 2. The van der Waals surface area contributed by atoms with Crippen LogP contribution in [0.3, 0.4) is 0 Å². The summed E-state index contributed by atoms with van der Waals surface area (Å²) in [6.45, 7) is 5.76. The van der Waals surface area contributed by atoms with Crippen molar-refractivity contribution in [1.29, 1.82) is 0 Å². The van der Waals surface area contributed by atoms with Gasteiger partial charge in [0.1, 0.15) is 5.75 Å². The Bertz CT molecular complexity index is 823. The van der Waals surface area contributed by atoms with Crippen LogP contribution in [0.4, 0.5) is 5.69 Å². The second-order valence-corrected chi connectivity index (χ2v) is 7.74. The first-order valence-corrected chi connectivity index (χ1v) is 10.1. The molecule has 1 saturated heterocycles. The normalized spacial score (nSPS) is 15.9. The van der Waals surface area contributed by atoms with E-state index >= 15 is 0 Å². The second kappa shape index (κ2) is 9.50. The monoisotopic (exact) mass is 421 g/mol. The predicted molar refractivity (Wildman–Crippen MR) is 115 cm³/mol. The summed E-state index contributed by atoms with van der Waals surface area (Å²) in [5.41, 5.74) is 2.09. The van der Waals surface area contributed by atoms with E-state index in [-0.39, 0.29) is 11.9 Å². The van der Waals surface area contributed by atoms with Crippen LogP contribution in [0.2, 0.25) is 10.0 Å². The molecule has 3 rings (SSSR count). The molecule has 0 radical (unpaired) electrons. The van der Waals surface area contributed by atoms with Gasteiger partial charge in [-0.3, -0.25) is 9.69 Å². The van der Waals surface area contributed by atoms with Crippen molar-refractivity contribution < 1.29 is 9.53 Å². The molecule has 0 bridgehead atoms. The Labute approximate surface area is 176 Å². The third kappa shape index (κ3) is 5.31. The van der Waals surface area contributed by atoms with E-state index in [0.717, 1.165) is 43.2 Å². The molecule has 150 valence electrons. The fourth-order valence-corrected chi connectivity index (χ4v) is 3.63. The van der Waals surface area contributed by atoms with Crippen LogP contribution in [0.1, 0.15) is 18.5 Å². The molecule has 1 fully saturated rings. The third-order valence-electron chi connectivity index (χ3n) is 4.98. The fraction of sp³-hybridized carbons (Fsp3) is 0.381. The molecule has 0 aliphatic carbocycles. The molecular weight excluding hydrogens is 397 g/mol. The molecule has 28 heavy (non-hydrogen) atoms. The van der Waals surface area contributed by atoms with Gasteiger partial charge in [-0.05, 0) is 36.8 Å². The Kier molecular flexibility index (Phi) is 7.05. The largest absolute Gasteiger partial charge is 0.497 e. The summed E-state index contributed by atoms with van der Waals surface area (Å²) in [4.78, 5) is 16.9. The second-order valence-electron chi connectivity index (χ2n) is 6.93. The summed E-state index contributed by atoms with van der Waals surface area (Å²) in [6, 6.07) is 13.4. The van der Waals surface area contributed by atoms with Gasteiger partial charge < -0.3 is 15.0 Å². The number of rotatable bonds is 6. The maximum Gasteiger partial charge on any atom is 0.234 e. The summed E-state index contributed by atoms with van der Waals surface area (Å²) in [7, 11) is 1.68. The number of benzene rings is 2. The first-order chi connectivity index (χ1) is 13.5. The third-order valence-corrected chi connectivity index (χ3v) is 5.72. The molecule has 0 saturated carbocycles. The van der Waals surface area contributed by atoms with Gasteiger partial charge in [-0.1, -0.05) is 35.3 Å². The SMILES string of the molecule is COc1cccc(N2CCN(CC(=O)NC(C)c3ccc(Cl)c(Cl)c3)CC2)c1. The van der Waals surface area contributed by atoms with Crippen LogP contribution in [0, 0.1) is 0 Å². The lowest BCUT2D eigenvalue weighted by Crippen LogP contribution is -2.49. The van der Waals surface area contributed by atoms with Crippen LogP contribution in [0.15, 0.2) is 42.5 Å². The average molecular weight is 422 g/mol. The Morgan fingerprint density at radius 1 is 1.11 bits per heavy atom. The van der Waals surface area contributed by atoms with E-state index in [4.69, 9.17) is 27.9 Å². The minimum atomic E-state index is -0.125. The molecule has 1 atom stereocenters. The van der Waals surface area contributed by atoms with Gasteiger partial charge in [0.25, 0.3) is 0 Å². The molecule has 5 nitrogen and oxygen atoms in total. The number of amides is 1. The summed E-state index contributed by atoms with van der Waals surface area (Å²) >= 11 is 12.0. The van der Waals surface area contributed by atoms with Gasteiger partial charge in [0, 0.05) is 37.9 Å². The Hall–Kier alpha value is -1.95. The molecule has 0 spiro atoms. The summed E-state index contributed by atoms with van der Waals surface area (Å²) in [5, 5.41) is 4.04. The van der Waals surface area contributed by atoms with E-state index in [1.165, 1.54) is 0 Å². The first-order valence-electron chi connectivity index (χ1n) is 9.32. The molecular formula is C21H25Cl2N3O2. The number of anilines is 1. The predicted octanol–water partition coefficient (Wildman–Crippen LogP) is 4.00. The Balaban J connectivity index is 1.48. The van der Waals surface area contributed by atoms with Gasteiger partial charge >= 0.3 is 0 Å². The van der Waals surface area contributed by atoms with E-state index in [0.29, 0.717) is 16.6 Å². The molecule has 0 aromatic heterocycles. The Morgan fingerprint density at radius 3 is 2.54 bits per heavy atom. The summed E-state index contributed by atoms with van der Waals surface area (Å²) < 4.78 is 5.30. The smallest absolute Gasteiger partial charge is 0.234 e. The zero-order valence-corrected chi connectivity index (χ0v) is 17.6. The van der Waals surface area contributed by atoms with E-state index in [1.54, 1.807) is 19.2 Å². The molecule has 1 N–H and O–H groups in total. The summed E-state index contributed by atoms with van der Waals surface area (Å²) in [5.74, 6) is 0.865. The minimum Gasteiger partial charge on any atom is -0.497 e. The molecule has 1 amide bonds. The lowest BCUT2D eigenvalue weighted by molar-refractivity contribution is -0.123. The van der Waals surface area contributed by atoms with Crippen LogP contribution < -0.4 is 15.0 Å². The topological polar surface area (TPSA) is 44.8 Å². The number of carbonyl (C=O) groups excluding carboxylic acids is 1. The fourth-order valence-electron chi connectivity index (χ4n) is 3.33. The molecule has 7 heteroatoms. The van der Waals surface area contributed by atoms with Crippen LogP contribution in [0.25, 0.3) is 0 Å². The van der Waals surface area contributed by atoms with Crippen molar-refractivity contribution in [2.24, 2.45) is 0 Å². The average Bonchev–Trinajstić information content (AvgIpc) is 2.70. The van der Waals surface area contributed by atoms with Crippen molar-refractivity contribution >= 4 is 34.8 Å². The maximum absolute atomic E-state index is 12.4. The van der Waals surface area contributed by atoms with Gasteiger partial charge in [-0.25, -0.2) is 0 Å². The van der Waals surface area contributed by atoms with Gasteiger partial charge in [-0.2, -0.15) is 0 Å². The molecule has 1 aliphatic heterocycles. The standard InChI is InChI=1S/C21H25Cl2N3O2/c1-15(16-6-7-19(22)20(23)12-16)24-21(27)14-25-8-10-26(11-9-25)17-4-3-5-18(13-17)28-2/h3-7,12-13,15H,8-11,14H2,1-2H3,(H,24,27). The number of piperazine rings is 1. The van der Waals surface area contributed by atoms with Gasteiger partial charge in [0.15, 0.2) is 0 Å². The zero-order valence-electron chi connectivity index (χ0n) is 16.1. The van der Waals surface area contributed by atoms with E-state index in [2.05, 4.69) is 21.2 Å². The number of hydrogen-bond donors (Lipinski definition) is 1. The van der Waals surface area contributed by atoms with Gasteiger partial charge in [0.2, 0.25) is 5.91 Å². The van der Waals surface area contributed by atoms with Crippen molar-refractivity contribution in [2.75, 3.05) is 44.7 Å². The molecule has 2 aromatic rings. The first kappa shape index (κ1) is 20.8. The number of nitrogens with one attached hydrogen (secondary N) is 1.